The van der Waals surface area contributed by atoms with E-state index < -0.39 is 11.7 Å². The first-order valence-electron chi connectivity index (χ1n) is 32.1. The number of rotatable bonds is 7. The molecule has 0 N–H and O–H groups in total. The summed E-state index contributed by atoms with van der Waals surface area (Å²) in [5.74, 6) is 0. The summed E-state index contributed by atoms with van der Waals surface area (Å²) < 4.78 is 61.4. The van der Waals surface area contributed by atoms with Gasteiger partial charge in [-0.25, -0.2) is 0 Å². The van der Waals surface area contributed by atoms with Crippen molar-refractivity contribution in [1.82, 2.24) is 27.4 Å². The zero-order chi connectivity index (χ0) is 63.7. The second-order valence-electron chi connectivity index (χ2n) is 25.0. The Hall–Kier alpha value is -12.8. The molecule has 0 unspecified atom stereocenters. The first-order chi connectivity index (χ1) is 47.3. The fraction of sp³-hybridized carbons (Fsp3) is 0.0116. The number of nitriles is 1. The van der Waals surface area contributed by atoms with E-state index in [1.54, 1.807) is 12.1 Å². The predicted octanol–water partition coefficient (Wildman–Crippen LogP) is 22.8. The molecule has 7 nitrogen and oxygen atoms in total. The van der Waals surface area contributed by atoms with Crippen LogP contribution in [0.4, 0.5) is 13.2 Å². The highest BCUT2D eigenvalue weighted by atomic mass is 19.4. The zero-order valence-electron chi connectivity index (χ0n) is 51.1. The van der Waals surface area contributed by atoms with Crippen molar-refractivity contribution in [2.45, 2.75) is 6.18 Å². The molecule has 20 aromatic rings. The SMILES string of the molecule is N#Cc1c(-n2c3cc(-n4c5ccccc5c5ccccc54)ccc3c3ccc(-n4c5ccccc5c5ccccc54)cc32)cc(-c2ccccc2C(F)(F)F)cc1-n1c2cc(-n3c4ccccc4c4ccccc43)ccc2c2ccc(-n3c4ccccc4c4ccccc43)cc21. The average Bonchev–Trinajstić information content (AvgIpc) is 1.54. The Labute approximate surface area is 545 Å². The summed E-state index contributed by atoms with van der Waals surface area (Å²) in [7, 11) is 0. The Kier molecular flexibility index (Phi) is 11.3. The van der Waals surface area contributed by atoms with Crippen LogP contribution in [0.25, 0.3) is 176 Å². The van der Waals surface area contributed by atoms with Gasteiger partial charge in [0.2, 0.25) is 0 Å². The Bertz CT molecular complexity index is 5870. The van der Waals surface area contributed by atoms with E-state index in [2.05, 4.69) is 300 Å². The highest BCUT2D eigenvalue weighted by molar-refractivity contribution is 6.17. The monoisotopic (exact) mass is 1240 g/mol. The van der Waals surface area contributed by atoms with E-state index in [1.807, 2.05) is 12.1 Å². The van der Waals surface area contributed by atoms with Crippen molar-refractivity contribution in [3.63, 3.8) is 0 Å². The number of hydrogen-bond donors (Lipinski definition) is 0. The van der Waals surface area contributed by atoms with Crippen molar-refractivity contribution in [2.75, 3.05) is 0 Å². The lowest BCUT2D eigenvalue weighted by Gasteiger charge is -2.21. The first kappa shape index (κ1) is 53.8. The molecule has 14 aromatic carbocycles. The third-order valence-electron chi connectivity index (χ3n) is 20.1. The van der Waals surface area contributed by atoms with Crippen LogP contribution in [-0.2, 0) is 6.18 Å². The molecule has 0 radical (unpaired) electrons. The quantitative estimate of drug-likeness (QED) is 0.157. The summed E-state index contributed by atoms with van der Waals surface area (Å²) in [6.07, 6.45) is -4.74. The minimum atomic E-state index is -4.74. The number of aromatic nitrogens is 6. The van der Waals surface area contributed by atoms with Crippen molar-refractivity contribution >= 4 is 131 Å². The fourth-order valence-corrected chi connectivity index (χ4v) is 16.1. The number of halogens is 3. The maximum absolute atomic E-state index is 16.0. The molecule has 0 aliphatic heterocycles. The molecule has 6 heterocycles. The van der Waals surface area contributed by atoms with Gasteiger partial charge in [-0.2, -0.15) is 18.4 Å². The van der Waals surface area contributed by atoms with Crippen LogP contribution in [0.2, 0.25) is 0 Å². The van der Waals surface area contributed by atoms with Crippen LogP contribution in [0.5, 0.6) is 0 Å². The number of alkyl halides is 3. The third-order valence-corrected chi connectivity index (χ3v) is 20.1. The van der Waals surface area contributed by atoms with Crippen LogP contribution < -0.4 is 0 Å². The molecule has 0 fully saturated rings. The van der Waals surface area contributed by atoms with Crippen molar-refractivity contribution in [3.8, 4) is 51.3 Å². The summed E-state index contributed by atoms with van der Waals surface area (Å²) in [5.41, 5.74) is 15.3. The molecule has 0 saturated carbocycles. The largest absolute Gasteiger partial charge is 0.417 e. The van der Waals surface area contributed by atoms with Gasteiger partial charge in [0.25, 0.3) is 0 Å². The summed E-state index contributed by atoms with van der Waals surface area (Å²) in [5, 5.41) is 25.0. The Morgan fingerprint density at radius 3 is 0.719 bits per heavy atom. The minimum Gasteiger partial charge on any atom is -0.309 e. The van der Waals surface area contributed by atoms with Gasteiger partial charge in [0.15, 0.2) is 0 Å². The van der Waals surface area contributed by atoms with Gasteiger partial charge in [0.05, 0.1) is 83.1 Å². The molecule has 0 aliphatic rings. The topological polar surface area (TPSA) is 53.4 Å². The normalized spacial score (nSPS) is 12.3. The Morgan fingerprint density at radius 2 is 0.469 bits per heavy atom. The van der Waals surface area contributed by atoms with Crippen LogP contribution in [0, 0.1) is 11.3 Å². The maximum atomic E-state index is 16.0. The number of nitrogens with zero attached hydrogens (tertiary/aromatic N) is 7. The van der Waals surface area contributed by atoms with Crippen LogP contribution >= 0.6 is 0 Å². The second kappa shape index (κ2) is 20.1. The molecule has 0 amide bonds. The molecule has 10 heteroatoms. The lowest BCUT2D eigenvalue weighted by molar-refractivity contribution is -0.137. The number of para-hydroxylation sites is 8. The highest BCUT2D eigenvalue weighted by Gasteiger charge is 2.35. The zero-order valence-corrected chi connectivity index (χ0v) is 51.1. The van der Waals surface area contributed by atoms with Gasteiger partial charge >= 0.3 is 6.18 Å². The van der Waals surface area contributed by atoms with E-state index in [-0.39, 0.29) is 16.7 Å². The van der Waals surface area contributed by atoms with E-state index in [0.717, 1.165) is 160 Å². The molecule has 0 spiro atoms. The van der Waals surface area contributed by atoms with Gasteiger partial charge in [-0.05, 0) is 126 Å². The van der Waals surface area contributed by atoms with Crippen LogP contribution in [-0.4, -0.2) is 27.4 Å². The van der Waals surface area contributed by atoms with Gasteiger partial charge in [-0.1, -0.05) is 188 Å². The van der Waals surface area contributed by atoms with E-state index >= 15 is 13.2 Å². The summed E-state index contributed by atoms with van der Waals surface area (Å²) >= 11 is 0. The Balaban J connectivity index is 0.952. The van der Waals surface area contributed by atoms with Crippen molar-refractivity contribution in [1.29, 1.82) is 5.26 Å². The minimum absolute atomic E-state index is 0.0209. The van der Waals surface area contributed by atoms with Gasteiger partial charge in [-0.3, -0.25) is 0 Å². The third kappa shape index (κ3) is 7.59. The molecule has 20 rings (SSSR count). The molecule has 450 valence electrons. The van der Waals surface area contributed by atoms with Crippen LogP contribution in [0.15, 0.2) is 303 Å². The summed E-state index contributed by atoms with van der Waals surface area (Å²) in [6, 6.07) is 105. The molecule has 96 heavy (non-hydrogen) atoms. The van der Waals surface area contributed by atoms with Gasteiger partial charge in [0.1, 0.15) is 11.6 Å². The molecule has 6 aromatic heterocycles. The fourth-order valence-electron chi connectivity index (χ4n) is 16.1. The van der Waals surface area contributed by atoms with E-state index in [4.69, 9.17) is 0 Å². The molecule has 0 atom stereocenters. The number of fused-ring (bicyclic) bond motifs is 18. The lowest BCUT2D eigenvalue weighted by Crippen LogP contribution is -2.09. The number of hydrogen-bond acceptors (Lipinski definition) is 1. The summed E-state index contributed by atoms with van der Waals surface area (Å²) in [6.45, 7) is 0. The second-order valence-corrected chi connectivity index (χ2v) is 25.0. The Morgan fingerprint density at radius 1 is 0.240 bits per heavy atom. The van der Waals surface area contributed by atoms with Crippen molar-refractivity contribution in [3.05, 3.63) is 314 Å². The standard InChI is InChI=1S/C86H50F3N7/c87-86(88,89)71-28-10-1-19-57(71)52-45-80(95-82-47-53(91-72-29-11-2-20-58(72)59-21-3-12-30-73(59)91)37-41-66(82)67-42-38-54(48-83(67)95)92-74-31-13-4-22-60(74)61-23-5-14-32-75(61)92)70(51-90)81(46-52)96-84-49-55(93-76-33-15-6-24-62(76)63-25-7-16-34-77(63)93)39-43-68(84)69-44-40-56(50-85(69)96)94-78-35-17-8-26-64(78)65-27-9-18-36-79(65)94/h1-50H. The van der Waals surface area contributed by atoms with E-state index in [9.17, 15) is 5.26 Å². The van der Waals surface area contributed by atoms with Gasteiger partial charge in [0, 0.05) is 87.4 Å². The van der Waals surface area contributed by atoms with Crippen molar-refractivity contribution < 1.29 is 13.2 Å². The maximum Gasteiger partial charge on any atom is 0.417 e. The van der Waals surface area contributed by atoms with Crippen LogP contribution in [0.3, 0.4) is 0 Å². The average molecular weight is 1240 g/mol. The molecule has 0 saturated heterocycles. The molecular weight excluding hydrogens is 1190 g/mol. The summed E-state index contributed by atoms with van der Waals surface area (Å²) in [4.78, 5) is 0. The number of benzene rings is 14. The molecule has 0 aliphatic carbocycles. The van der Waals surface area contributed by atoms with Crippen molar-refractivity contribution in [2.24, 2.45) is 0 Å². The van der Waals surface area contributed by atoms with E-state index in [1.165, 1.54) is 6.07 Å². The molecular formula is C86H50F3N7. The highest BCUT2D eigenvalue weighted by Crippen LogP contribution is 2.47. The first-order valence-corrected chi connectivity index (χ1v) is 32.1. The lowest BCUT2D eigenvalue weighted by atomic mass is 9.96. The van der Waals surface area contributed by atoms with Gasteiger partial charge in [-0.15, -0.1) is 0 Å². The van der Waals surface area contributed by atoms with Gasteiger partial charge < -0.3 is 27.4 Å². The van der Waals surface area contributed by atoms with Crippen LogP contribution in [0.1, 0.15) is 11.1 Å². The smallest absolute Gasteiger partial charge is 0.309 e. The predicted molar refractivity (Wildman–Crippen MR) is 388 cm³/mol. The van der Waals surface area contributed by atoms with E-state index in [0.29, 0.717) is 11.4 Å². The molecule has 0 bridgehead atoms.